The summed E-state index contributed by atoms with van der Waals surface area (Å²) in [5, 5.41) is 2.75. The predicted octanol–water partition coefficient (Wildman–Crippen LogP) is 1.58. The van der Waals surface area contributed by atoms with Gasteiger partial charge in [0.15, 0.2) is 0 Å². The van der Waals surface area contributed by atoms with Crippen LogP contribution in [0.15, 0.2) is 48.8 Å². The number of hydrogen-bond acceptors (Lipinski definition) is 4. The highest BCUT2D eigenvalue weighted by molar-refractivity contribution is 7.88. The van der Waals surface area contributed by atoms with Crippen molar-refractivity contribution < 1.29 is 13.2 Å². The van der Waals surface area contributed by atoms with Crippen molar-refractivity contribution in [2.24, 2.45) is 0 Å². The molecule has 24 heavy (non-hydrogen) atoms. The molecule has 0 spiro atoms. The second kappa shape index (κ2) is 8.03. The first kappa shape index (κ1) is 18.1. The number of rotatable bonds is 7. The van der Waals surface area contributed by atoms with Crippen LogP contribution in [0.2, 0.25) is 0 Å². The molecule has 0 aliphatic heterocycles. The first-order chi connectivity index (χ1) is 11.4. The highest BCUT2D eigenvalue weighted by Gasteiger charge is 2.17. The Bertz CT molecular complexity index is 792. The molecule has 1 heterocycles. The minimum atomic E-state index is -3.38. The molecule has 6 nitrogen and oxygen atoms in total. The number of carbonyl (C=O) groups excluding carboxylic acids is 1. The van der Waals surface area contributed by atoms with E-state index in [0.29, 0.717) is 5.56 Å². The van der Waals surface area contributed by atoms with Gasteiger partial charge in [0.2, 0.25) is 10.0 Å². The van der Waals surface area contributed by atoms with Gasteiger partial charge in [0.25, 0.3) is 5.91 Å². The van der Waals surface area contributed by atoms with E-state index in [1.54, 1.807) is 30.6 Å². The molecule has 0 unspecified atom stereocenters. The summed E-state index contributed by atoms with van der Waals surface area (Å²) in [5.41, 5.74) is 2.36. The summed E-state index contributed by atoms with van der Waals surface area (Å²) >= 11 is 0. The van der Waals surface area contributed by atoms with E-state index < -0.39 is 10.0 Å². The van der Waals surface area contributed by atoms with Gasteiger partial charge in [0.1, 0.15) is 0 Å². The van der Waals surface area contributed by atoms with Crippen LogP contribution in [0, 0.1) is 6.92 Å². The second-order valence-electron chi connectivity index (χ2n) is 5.58. The van der Waals surface area contributed by atoms with Crippen LogP contribution in [0.3, 0.4) is 0 Å². The van der Waals surface area contributed by atoms with Crippen LogP contribution >= 0.6 is 0 Å². The Labute approximate surface area is 142 Å². The normalized spacial score (nSPS) is 11.5. The molecule has 0 atom stereocenters. The number of aryl methyl sites for hydroxylation is 1. The molecule has 2 rings (SSSR count). The summed E-state index contributed by atoms with van der Waals surface area (Å²) in [4.78, 5) is 16.1. The molecule has 1 aromatic carbocycles. The van der Waals surface area contributed by atoms with Crippen LogP contribution in [0.25, 0.3) is 0 Å². The monoisotopic (exact) mass is 347 g/mol. The highest BCUT2D eigenvalue weighted by atomic mass is 32.2. The van der Waals surface area contributed by atoms with Crippen molar-refractivity contribution in [1.29, 1.82) is 0 Å². The van der Waals surface area contributed by atoms with E-state index in [4.69, 9.17) is 0 Å². The predicted molar refractivity (Wildman–Crippen MR) is 93.0 cm³/mol. The molecule has 0 aliphatic carbocycles. The maximum absolute atomic E-state index is 12.1. The number of aromatic nitrogens is 1. The molecule has 7 heteroatoms. The molecule has 2 aromatic rings. The van der Waals surface area contributed by atoms with E-state index in [-0.39, 0.29) is 25.5 Å². The molecule has 0 aliphatic rings. The topological polar surface area (TPSA) is 79.4 Å². The Morgan fingerprint density at radius 1 is 1.25 bits per heavy atom. The summed E-state index contributed by atoms with van der Waals surface area (Å²) in [6, 6.07) is 10.8. The van der Waals surface area contributed by atoms with Crippen molar-refractivity contribution in [1.82, 2.24) is 14.6 Å². The van der Waals surface area contributed by atoms with Gasteiger partial charge in [0, 0.05) is 37.6 Å². The van der Waals surface area contributed by atoms with Crippen molar-refractivity contribution in [2.75, 3.05) is 19.3 Å². The standard InChI is InChI=1S/C17H21N3O3S/c1-14-5-3-7-16(11-14)17(21)19-9-10-20(24(2,22)23)13-15-6-4-8-18-12-15/h3-8,11-12H,9-10,13H2,1-2H3,(H,19,21). The summed E-state index contributed by atoms with van der Waals surface area (Å²) in [6.45, 7) is 2.58. The minimum Gasteiger partial charge on any atom is -0.351 e. The van der Waals surface area contributed by atoms with Gasteiger partial charge in [-0.05, 0) is 30.7 Å². The molecule has 0 bridgehead atoms. The summed E-state index contributed by atoms with van der Waals surface area (Å²) in [7, 11) is -3.38. The van der Waals surface area contributed by atoms with Gasteiger partial charge in [0.05, 0.1) is 6.26 Å². The summed E-state index contributed by atoms with van der Waals surface area (Å²) < 4.78 is 25.2. The smallest absolute Gasteiger partial charge is 0.251 e. The van der Waals surface area contributed by atoms with Crippen molar-refractivity contribution in [3.8, 4) is 0 Å². The Morgan fingerprint density at radius 3 is 2.67 bits per heavy atom. The van der Waals surface area contributed by atoms with Gasteiger partial charge >= 0.3 is 0 Å². The molecular formula is C17H21N3O3S. The minimum absolute atomic E-state index is 0.200. The maximum atomic E-state index is 12.1. The molecule has 1 N–H and O–H groups in total. The number of pyridine rings is 1. The van der Waals surface area contributed by atoms with E-state index >= 15 is 0 Å². The first-order valence-corrected chi connectivity index (χ1v) is 9.40. The van der Waals surface area contributed by atoms with E-state index in [1.807, 2.05) is 25.1 Å². The zero-order chi connectivity index (χ0) is 17.6. The molecule has 0 saturated heterocycles. The van der Waals surface area contributed by atoms with Gasteiger partial charge in [-0.15, -0.1) is 0 Å². The third-order valence-electron chi connectivity index (χ3n) is 3.48. The van der Waals surface area contributed by atoms with Crippen molar-refractivity contribution in [3.63, 3.8) is 0 Å². The summed E-state index contributed by atoms with van der Waals surface area (Å²) in [5.74, 6) is -0.214. The van der Waals surface area contributed by atoms with Crippen molar-refractivity contribution >= 4 is 15.9 Å². The molecular weight excluding hydrogens is 326 g/mol. The Balaban J connectivity index is 1.95. The molecule has 0 saturated carbocycles. The lowest BCUT2D eigenvalue weighted by Crippen LogP contribution is -2.37. The summed E-state index contributed by atoms with van der Waals surface area (Å²) in [6.07, 6.45) is 4.42. The lowest BCUT2D eigenvalue weighted by atomic mass is 10.1. The van der Waals surface area contributed by atoms with Crippen LogP contribution in [-0.2, 0) is 16.6 Å². The Kier molecular flexibility index (Phi) is 6.05. The maximum Gasteiger partial charge on any atom is 0.251 e. The first-order valence-electron chi connectivity index (χ1n) is 7.55. The van der Waals surface area contributed by atoms with Gasteiger partial charge in [-0.1, -0.05) is 23.8 Å². The number of carbonyl (C=O) groups is 1. The van der Waals surface area contributed by atoms with Gasteiger partial charge in [-0.2, -0.15) is 4.31 Å². The largest absolute Gasteiger partial charge is 0.351 e. The number of nitrogens with one attached hydrogen (secondary N) is 1. The highest BCUT2D eigenvalue weighted by Crippen LogP contribution is 2.07. The molecule has 0 radical (unpaired) electrons. The van der Waals surface area contributed by atoms with Crippen LogP contribution < -0.4 is 5.32 Å². The lowest BCUT2D eigenvalue weighted by molar-refractivity contribution is 0.0951. The average Bonchev–Trinajstić information content (AvgIpc) is 2.54. The quantitative estimate of drug-likeness (QED) is 0.825. The molecule has 128 valence electrons. The zero-order valence-corrected chi connectivity index (χ0v) is 14.6. The number of nitrogens with zero attached hydrogens (tertiary/aromatic N) is 2. The van der Waals surface area contributed by atoms with Crippen LogP contribution in [0.5, 0.6) is 0 Å². The van der Waals surface area contributed by atoms with Crippen LogP contribution in [0.4, 0.5) is 0 Å². The van der Waals surface area contributed by atoms with Gasteiger partial charge < -0.3 is 5.32 Å². The van der Waals surface area contributed by atoms with E-state index in [9.17, 15) is 13.2 Å². The fraction of sp³-hybridized carbons (Fsp3) is 0.294. The Hall–Kier alpha value is -2.25. The van der Waals surface area contributed by atoms with Crippen molar-refractivity contribution in [3.05, 3.63) is 65.5 Å². The van der Waals surface area contributed by atoms with E-state index in [2.05, 4.69) is 10.3 Å². The molecule has 1 aromatic heterocycles. The fourth-order valence-electron chi connectivity index (χ4n) is 2.24. The van der Waals surface area contributed by atoms with E-state index in [1.165, 1.54) is 4.31 Å². The molecule has 0 fully saturated rings. The number of sulfonamides is 1. The zero-order valence-electron chi connectivity index (χ0n) is 13.8. The number of hydrogen-bond donors (Lipinski definition) is 1. The van der Waals surface area contributed by atoms with Crippen molar-refractivity contribution in [2.45, 2.75) is 13.5 Å². The number of amides is 1. The average molecular weight is 347 g/mol. The second-order valence-corrected chi connectivity index (χ2v) is 7.57. The SMILES string of the molecule is Cc1cccc(C(=O)NCCN(Cc2cccnc2)S(C)(=O)=O)c1. The molecule has 1 amide bonds. The van der Waals surface area contributed by atoms with Crippen LogP contribution in [-0.4, -0.2) is 43.0 Å². The van der Waals surface area contributed by atoms with Crippen LogP contribution in [0.1, 0.15) is 21.5 Å². The third-order valence-corrected chi connectivity index (χ3v) is 4.73. The third kappa shape index (κ3) is 5.43. The number of benzene rings is 1. The van der Waals surface area contributed by atoms with E-state index in [0.717, 1.165) is 17.4 Å². The van der Waals surface area contributed by atoms with Gasteiger partial charge in [-0.25, -0.2) is 8.42 Å². The lowest BCUT2D eigenvalue weighted by Gasteiger charge is -2.20. The fourth-order valence-corrected chi connectivity index (χ4v) is 3.05. The van der Waals surface area contributed by atoms with Gasteiger partial charge in [-0.3, -0.25) is 9.78 Å². The Morgan fingerprint density at radius 2 is 2.04 bits per heavy atom.